The minimum absolute atomic E-state index is 0.0511. The Kier molecular flexibility index (Phi) is 3.99. The number of nitrogens with zero attached hydrogens (tertiary/aromatic N) is 1. The number of benzene rings is 1. The molecular weight excluding hydrogens is 264 g/mol. The maximum atomic E-state index is 11.9. The molecule has 2 aromatic rings. The highest BCUT2D eigenvalue weighted by molar-refractivity contribution is 6.00. The normalized spacial score (nSPS) is 10.8. The first-order valence-corrected chi connectivity index (χ1v) is 6.13. The molecule has 1 aromatic carbocycles. The summed E-state index contributed by atoms with van der Waals surface area (Å²) in [7, 11) is 0. The summed E-state index contributed by atoms with van der Waals surface area (Å²) in [6, 6.07) is 4.49. The minimum Gasteiger partial charge on any atom is -0.478 e. The van der Waals surface area contributed by atoms with Gasteiger partial charge in [-0.15, -0.1) is 0 Å². The molecule has 2 rings (SSSR count). The van der Waals surface area contributed by atoms with Crippen LogP contribution < -0.4 is 11.1 Å². The second-order valence-corrected chi connectivity index (χ2v) is 4.11. The van der Waals surface area contributed by atoms with Crippen LogP contribution in [0.4, 0.5) is 0 Å². The van der Waals surface area contributed by atoms with Gasteiger partial charge in [0.05, 0.1) is 23.2 Å². The summed E-state index contributed by atoms with van der Waals surface area (Å²) >= 11 is 0. The van der Waals surface area contributed by atoms with Gasteiger partial charge in [-0.25, -0.2) is 4.79 Å². The third kappa shape index (κ3) is 2.48. The van der Waals surface area contributed by atoms with Gasteiger partial charge < -0.3 is 14.8 Å². The molecule has 7 heteroatoms. The Morgan fingerprint density at radius 1 is 1.40 bits per heavy atom. The van der Waals surface area contributed by atoms with Crippen molar-refractivity contribution in [2.75, 3.05) is 13.2 Å². The van der Waals surface area contributed by atoms with Crippen LogP contribution >= 0.6 is 0 Å². The van der Waals surface area contributed by atoms with Crippen molar-refractivity contribution >= 4 is 17.0 Å². The van der Waals surface area contributed by atoms with E-state index in [0.717, 1.165) is 0 Å². The van der Waals surface area contributed by atoms with Gasteiger partial charge in [0.1, 0.15) is 0 Å². The van der Waals surface area contributed by atoms with E-state index in [1.165, 1.54) is 16.7 Å². The van der Waals surface area contributed by atoms with Crippen molar-refractivity contribution < 1.29 is 14.6 Å². The second kappa shape index (κ2) is 5.70. The quantitative estimate of drug-likeness (QED) is 0.610. The average molecular weight is 278 g/mol. The lowest BCUT2D eigenvalue weighted by molar-refractivity contribution is 0.0699. The van der Waals surface area contributed by atoms with Crippen molar-refractivity contribution in [3.8, 4) is 0 Å². The molecule has 0 amide bonds. The number of aromatic nitrogens is 2. The van der Waals surface area contributed by atoms with Gasteiger partial charge >= 0.3 is 17.1 Å². The van der Waals surface area contributed by atoms with Crippen molar-refractivity contribution in [1.82, 2.24) is 9.55 Å². The van der Waals surface area contributed by atoms with E-state index in [1.54, 1.807) is 6.07 Å². The highest BCUT2D eigenvalue weighted by Crippen LogP contribution is 2.14. The average Bonchev–Trinajstić information content (AvgIpc) is 2.42. The maximum absolute atomic E-state index is 11.9. The number of hydrogen-bond acceptors (Lipinski definition) is 4. The van der Waals surface area contributed by atoms with Gasteiger partial charge in [-0.1, -0.05) is 6.07 Å². The maximum Gasteiger partial charge on any atom is 0.337 e. The van der Waals surface area contributed by atoms with E-state index in [0.29, 0.717) is 12.1 Å². The molecule has 0 unspecified atom stereocenters. The molecule has 20 heavy (non-hydrogen) atoms. The van der Waals surface area contributed by atoms with Gasteiger partial charge in [0.15, 0.2) is 0 Å². The van der Waals surface area contributed by atoms with E-state index in [9.17, 15) is 14.4 Å². The van der Waals surface area contributed by atoms with Gasteiger partial charge in [0.25, 0.3) is 0 Å². The molecule has 0 aliphatic heterocycles. The first-order chi connectivity index (χ1) is 9.56. The SMILES string of the molecule is CCOCCn1c(=O)c(=O)[nH]c2c(C(=O)O)cccc21. The first-order valence-electron chi connectivity index (χ1n) is 6.13. The van der Waals surface area contributed by atoms with Crippen molar-refractivity contribution in [2.45, 2.75) is 13.5 Å². The number of H-pyrrole nitrogens is 1. The lowest BCUT2D eigenvalue weighted by atomic mass is 10.1. The molecule has 106 valence electrons. The Bertz CT molecular complexity index is 759. The summed E-state index contributed by atoms with van der Waals surface area (Å²) < 4.78 is 6.40. The number of fused-ring (bicyclic) bond motifs is 1. The summed E-state index contributed by atoms with van der Waals surface area (Å²) in [5, 5.41) is 9.11. The number of hydrogen-bond donors (Lipinski definition) is 2. The zero-order valence-electron chi connectivity index (χ0n) is 10.9. The molecule has 1 aromatic heterocycles. The van der Waals surface area contributed by atoms with Crippen molar-refractivity contribution in [3.63, 3.8) is 0 Å². The number of rotatable bonds is 5. The summed E-state index contributed by atoms with van der Waals surface area (Å²) in [6.45, 7) is 2.78. The predicted molar refractivity (Wildman–Crippen MR) is 72.3 cm³/mol. The number of carboxylic acids is 1. The zero-order valence-corrected chi connectivity index (χ0v) is 10.9. The first kappa shape index (κ1) is 14.0. The van der Waals surface area contributed by atoms with E-state index in [2.05, 4.69) is 4.98 Å². The Morgan fingerprint density at radius 2 is 2.15 bits per heavy atom. The summed E-state index contributed by atoms with van der Waals surface area (Å²) in [5.74, 6) is -1.17. The highest BCUT2D eigenvalue weighted by Gasteiger charge is 2.13. The molecule has 0 spiro atoms. The highest BCUT2D eigenvalue weighted by atomic mass is 16.5. The Labute approximate surface area is 113 Å². The molecule has 2 N–H and O–H groups in total. The van der Waals surface area contributed by atoms with Gasteiger partial charge in [-0.05, 0) is 19.1 Å². The van der Waals surface area contributed by atoms with Gasteiger partial charge in [-0.3, -0.25) is 14.2 Å². The summed E-state index contributed by atoms with van der Waals surface area (Å²) in [5.41, 5.74) is -1.11. The van der Waals surface area contributed by atoms with Crippen LogP contribution in [-0.4, -0.2) is 33.8 Å². The number of nitrogens with one attached hydrogen (secondary N) is 1. The van der Waals surface area contributed by atoms with E-state index in [4.69, 9.17) is 9.84 Å². The fourth-order valence-corrected chi connectivity index (χ4v) is 2.00. The zero-order chi connectivity index (χ0) is 14.7. The third-order valence-electron chi connectivity index (χ3n) is 2.90. The van der Waals surface area contributed by atoms with Crippen molar-refractivity contribution in [1.29, 1.82) is 0 Å². The lowest BCUT2D eigenvalue weighted by Gasteiger charge is -2.10. The lowest BCUT2D eigenvalue weighted by Crippen LogP contribution is -2.37. The molecule has 0 atom stereocenters. The number of aromatic amines is 1. The Morgan fingerprint density at radius 3 is 2.80 bits per heavy atom. The van der Waals surface area contributed by atoms with Crippen LogP contribution in [0.5, 0.6) is 0 Å². The monoisotopic (exact) mass is 278 g/mol. The van der Waals surface area contributed by atoms with Crippen LogP contribution in [0.3, 0.4) is 0 Å². The Balaban J connectivity index is 2.69. The van der Waals surface area contributed by atoms with Crippen LogP contribution in [0.2, 0.25) is 0 Å². The molecule has 0 aliphatic rings. The minimum atomic E-state index is -1.17. The van der Waals surface area contributed by atoms with E-state index < -0.39 is 17.1 Å². The van der Waals surface area contributed by atoms with E-state index >= 15 is 0 Å². The molecule has 7 nitrogen and oxygen atoms in total. The van der Waals surface area contributed by atoms with Crippen LogP contribution in [-0.2, 0) is 11.3 Å². The standard InChI is InChI=1S/C13H14N2O5/c1-2-20-7-6-15-9-5-3-4-8(13(18)19)10(9)14-11(16)12(15)17/h3-5H,2,6-7H2,1H3,(H,14,16)(H,18,19). The Hall–Kier alpha value is -2.41. The summed E-state index contributed by atoms with van der Waals surface area (Å²) in [4.78, 5) is 37.0. The van der Waals surface area contributed by atoms with Crippen molar-refractivity contribution in [2.24, 2.45) is 0 Å². The fourth-order valence-electron chi connectivity index (χ4n) is 2.00. The van der Waals surface area contributed by atoms with Crippen LogP contribution in [0, 0.1) is 0 Å². The number of ether oxygens (including phenoxy) is 1. The number of aromatic carboxylic acids is 1. The van der Waals surface area contributed by atoms with Gasteiger partial charge in [0.2, 0.25) is 0 Å². The molecule has 0 fully saturated rings. The molecule has 0 radical (unpaired) electrons. The molecule has 1 heterocycles. The van der Waals surface area contributed by atoms with E-state index in [1.807, 2.05) is 6.92 Å². The molecular formula is C13H14N2O5. The topological polar surface area (TPSA) is 101 Å². The summed E-state index contributed by atoms with van der Waals surface area (Å²) in [6.07, 6.45) is 0. The molecule has 0 saturated carbocycles. The molecule has 0 saturated heterocycles. The smallest absolute Gasteiger partial charge is 0.337 e. The van der Waals surface area contributed by atoms with Crippen LogP contribution in [0.25, 0.3) is 11.0 Å². The second-order valence-electron chi connectivity index (χ2n) is 4.11. The predicted octanol–water partition coefficient (Wildman–Crippen LogP) is 0.425. The van der Waals surface area contributed by atoms with Crippen LogP contribution in [0.1, 0.15) is 17.3 Å². The number of carboxylic acid groups (broad SMARTS) is 1. The third-order valence-corrected chi connectivity index (χ3v) is 2.90. The van der Waals surface area contributed by atoms with Gasteiger partial charge in [-0.2, -0.15) is 0 Å². The van der Waals surface area contributed by atoms with Crippen molar-refractivity contribution in [3.05, 3.63) is 44.5 Å². The molecule has 0 bridgehead atoms. The van der Waals surface area contributed by atoms with Crippen LogP contribution in [0.15, 0.2) is 27.8 Å². The fraction of sp³-hybridized carbons (Fsp3) is 0.308. The number of para-hydroxylation sites is 1. The van der Waals surface area contributed by atoms with Gasteiger partial charge in [0, 0.05) is 13.2 Å². The number of carbonyl (C=O) groups is 1. The van der Waals surface area contributed by atoms with E-state index in [-0.39, 0.29) is 24.2 Å². The largest absolute Gasteiger partial charge is 0.478 e. The molecule has 0 aliphatic carbocycles.